The standard InChI is InChI=1S/3C7H7O.Bi.2BrH/c3*1-8-7-5-3-2-4-6-7;;;/h3*3-6H,1H3;;2*1H/q;;;+2;;/p-2. The third-order valence-electron chi connectivity index (χ3n) is 4.58. The molecule has 0 atom stereocenters. The van der Waals surface area contributed by atoms with Crippen molar-refractivity contribution in [1.29, 1.82) is 0 Å². The Balaban J connectivity index is 2.25. The fourth-order valence-corrected chi connectivity index (χ4v) is 26.7. The van der Waals surface area contributed by atoms with E-state index in [9.17, 15) is 0 Å². The zero-order chi connectivity index (χ0) is 19.5. The van der Waals surface area contributed by atoms with Crippen molar-refractivity contribution >= 4 is 48.3 Å². The summed E-state index contributed by atoms with van der Waals surface area (Å²) < 4.78 is 19.7. The van der Waals surface area contributed by atoms with Crippen LogP contribution in [0.3, 0.4) is 0 Å². The minimum absolute atomic E-state index is 0.834. The molecule has 27 heavy (non-hydrogen) atoms. The molecule has 0 amide bonds. The predicted octanol–water partition coefficient (Wildman–Crippen LogP) is 3.92. The minimum atomic E-state index is -4.22. The van der Waals surface area contributed by atoms with E-state index in [2.05, 4.69) is 60.8 Å². The van der Waals surface area contributed by atoms with Gasteiger partial charge in [0.1, 0.15) is 0 Å². The van der Waals surface area contributed by atoms with E-state index in [4.69, 9.17) is 14.2 Å². The van der Waals surface area contributed by atoms with Crippen molar-refractivity contribution in [2.45, 2.75) is 0 Å². The first kappa shape index (κ1) is 20.6. The first-order chi connectivity index (χ1) is 12.9. The molecule has 3 nitrogen and oxygen atoms in total. The zero-order valence-electron chi connectivity index (χ0n) is 15.4. The third-order valence-corrected chi connectivity index (χ3v) is 40.2. The fourth-order valence-electron chi connectivity index (χ4n) is 2.98. The molecule has 3 rings (SSSR count). The summed E-state index contributed by atoms with van der Waals surface area (Å²) in [5.74, 6) is 2.50. The molecule has 0 spiro atoms. The Labute approximate surface area is 172 Å². The van der Waals surface area contributed by atoms with E-state index < -0.39 is 14.1 Å². The zero-order valence-corrected chi connectivity index (χ0v) is 22.0. The first-order valence-corrected chi connectivity index (χ1v) is 28.6. The second-order valence-corrected chi connectivity index (χ2v) is 52.3. The molecule has 0 radical (unpaired) electrons. The fraction of sp³-hybridized carbons (Fsp3) is 0.143. The topological polar surface area (TPSA) is 27.7 Å². The van der Waals surface area contributed by atoms with Crippen LogP contribution in [0, 0.1) is 0 Å². The summed E-state index contributed by atoms with van der Waals surface area (Å²) in [6, 6.07) is 24.8. The van der Waals surface area contributed by atoms with Gasteiger partial charge in [-0.3, -0.25) is 0 Å². The summed E-state index contributed by atoms with van der Waals surface area (Å²) >= 11 is 4.31. The Morgan fingerprint density at radius 3 is 0.889 bits per heavy atom. The summed E-state index contributed by atoms with van der Waals surface area (Å²) in [6.07, 6.45) is 0. The van der Waals surface area contributed by atoms with E-state index >= 15 is 0 Å². The Kier molecular flexibility index (Phi) is 6.19. The van der Waals surface area contributed by atoms with Crippen molar-refractivity contribution in [2.24, 2.45) is 0 Å². The van der Waals surface area contributed by atoms with Crippen molar-refractivity contribution in [2.75, 3.05) is 21.3 Å². The van der Waals surface area contributed by atoms with E-state index in [1.54, 1.807) is 21.3 Å². The van der Waals surface area contributed by atoms with Gasteiger partial charge in [-0.25, -0.2) is 0 Å². The van der Waals surface area contributed by atoms with Crippen LogP contribution in [0.4, 0.5) is 0 Å². The van der Waals surface area contributed by atoms with Crippen LogP contribution in [0.25, 0.3) is 0 Å². The van der Waals surface area contributed by atoms with E-state index in [0.717, 1.165) is 17.2 Å². The molecule has 0 aromatic heterocycles. The molecule has 3 aromatic rings. The number of methoxy groups -OCH3 is 3. The van der Waals surface area contributed by atoms with Crippen molar-refractivity contribution in [3.05, 3.63) is 72.8 Å². The summed E-state index contributed by atoms with van der Waals surface area (Å²) in [7, 11) is 5.03. The monoisotopic (exact) mass is 688 g/mol. The average Bonchev–Trinajstić information content (AvgIpc) is 2.74. The molecule has 0 saturated heterocycles. The van der Waals surface area contributed by atoms with Crippen molar-refractivity contribution in [3.8, 4) is 17.2 Å². The summed E-state index contributed by atoms with van der Waals surface area (Å²) in [5.41, 5.74) is 0. The molecule has 0 aliphatic rings. The van der Waals surface area contributed by atoms with Crippen LogP contribution >= 0.6 is 24.4 Å². The SMILES string of the molecule is COc1cc[c]([Bi]([Br])([Br])([c]2ccc(OC)cc2)[c]2ccc(OC)cc2)cc1. The molecule has 0 N–H and O–H groups in total. The molecule has 0 saturated carbocycles. The second-order valence-electron chi connectivity index (χ2n) is 6.00. The van der Waals surface area contributed by atoms with Crippen LogP contribution in [0.2, 0.25) is 0 Å². The van der Waals surface area contributed by atoms with Gasteiger partial charge in [-0.2, -0.15) is 0 Å². The van der Waals surface area contributed by atoms with Gasteiger partial charge in [-0.15, -0.1) is 0 Å². The van der Waals surface area contributed by atoms with Crippen LogP contribution < -0.4 is 24.0 Å². The van der Waals surface area contributed by atoms with Gasteiger partial charge in [-0.05, 0) is 0 Å². The first-order valence-electron chi connectivity index (χ1n) is 8.31. The van der Waals surface area contributed by atoms with E-state index in [1.165, 1.54) is 9.81 Å². The molecular weight excluding hydrogens is 669 g/mol. The number of benzene rings is 3. The third kappa shape index (κ3) is 3.77. The molecule has 0 fully saturated rings. The second kappa shape index (κ2) is 8.10. The summed E-state index contributed by atoms with van der Waals surface area (Å²) in [4.78, 5) is 0. The van der Waals surface area contributed by atoms with Gasteiger partial charge in [0.2, 0.25) is 0 Å². The summed E-state index contributed by atoms with van der Waals surface area (Å²) in [5, 5.41) is 0. The van der Waals surface area contributed by atoms with Crippen molar-refractivity contribution in [1.82, 2.24) is 0 Å². The number of ether oxygens (including phenoxy) is 3. The molecular formula is C21H21BiBr2O3. The van der Waals surface area contributed by atoms with Crippen LogP contribution in [-0.2, 0) is 0 Å². The van der Waals surface area contributed by atoms with Crippen molar-refractivity contribution < 1.29 is 14.2 Å². The summed E-state index contributed by atoms with van der Waals surface area (Å²) in [6.45, 7) is 0. The van der Waals surface area contributed by atoms with E-state index in [1.807, 2.05) is 36.4 Å². The predicted molar refractivity (Wildman–Crippen MR) is 121 cm³/mol. The number of halogens is 2. The molecule has 0 bridgehead atoms. The molecule has 3 aromatic carbocycles. The average molecular weight is 690 g/mol. The number of rotatable bonds is 6. The van der Waals surface area contributed by atoms with Gasteiger partial charge in [0.05, 0.1) is 0 Å². The molecule has 6 heteroatoms. The number of hydrogen-bond donors (Lipinski definition) is 0. The quantitative estimate of drug-likeness (QED) is 0.368. The maximum atomic E-state index is 5.35. The molecule has 142 valence electrons. The van der Waals surface area contributed by atoms with Crippen LogP contribution in [0.5, 0.6) is 17.2 Å². The van der Waals surface area contributed by atoms with E-state index in [0.29, 0.717) is 0 Å². The van der Waals surface area contributed by atoms with Crippen molar-refractivity contribution in [3.63, 3.8) is 0 Å². The van der Waals surface area contributed by atoms with Gasteiger partial charge in [0.15, 0.2) is 0 Å². The van der Waals surface area contributed by atoms with Gasteiger partial charge < -0.3 is 0 Å². The van der Waals surface area contributed by atoms with Gasteiger partial charge in [0.25, 0.3) is 0 Å². The normalized spacial score (nSPS) is 12.7. The Bertz CT molecular complexity index is 785. The maximum absolute atomic E-state index is 5.35. The van der Waals surface area contributed by atoms with Crippen LogP contribution in [-0.4, -0.2) is 35.4 Å². The molecule has 0 heterocycles. The number of hydrogen-bond acceptors (Lipinski definition) is 3. The van der Waals surface area contributed by atoms with Crippen LogP contribution in [0.15, 0.2) is 72.8 Å². The molecule has 0 unspecified atom stereocenters. The van der Waals surface area contributed by atoms with Gasteiger partial charge in [-0.1, -0.05) is 0 Å². The van der Waals surface area contributed by atoms with E-state index in [-0.39, 0.29) is 0 Å². The van der Waals surface area contributed by atoms with Crippen LogP contribution in [0.1, 0.15) is 0 Å². The molecule has 0 aliphatic carbocycles. The molecule has 0 aliphatic heterocycles. The Hall–Kier alpha value is -1.10. The Morgan fingerprint density at radius 2 is 0.704 bits per heavy atom. The Morgan fingerprint density at radius 1 is 0.481 bits per heavy atom. The van der Waals surface area contributed by atoms with Gasteiger partial charge in [0, 0.05) is 0 Å². The van der Waals surface area contributed by atoms with Gasteiger partial charge >= 0.3 is 174 Å².